The summed E-state index contributed by atoms with van der Waals surface area (Å²) in [6, 6.07) is 12.9. The largest absolute Gasteiger partial charge is 0.460 e. The van der Waals surface area contributed by atoms with Crippen LogP contribution in [0.4, 0.5) is 4.79 Å². The molecule has 0 aliphatic heterocycles. The number of ether oxygens (including phenoxy) is 2. The van der Waals surface area contributed by atoms with E-state index in [1.165, 1.54) is 27.3 Å². The number of fused-ring (bicyclic) bond motifs is 2. The summed E-state index contributed by atoms with van der Waals surface area (Å²) < 4.78 is 12.4. The Bertz CT molecular complexity index is 1650. The molecule has 0 spiro atoms. The van der Waals surface area contributed by atoms with Gasteiger partial charge in [-0.05, 0) is 146 Å². The molecule has 2 aromatic carbocycles. The third kappa shape index (κ3) is 19.2. The summed E-state index contributed by atoms with van der Waals surface area (Å²) in [6.45, 7) is 12.6. The van der Waals surface area contributed by atoms with Crippen LogP contribution in [0.15, 0.2) is 70.1 Å². The highest BCUT2D eigenvalue weighted by Crippen LogP contribution is 2.25. The fraction of sp³-hybridized carbons (Fsp3) is 0.500. The number of alkyl carbamates (subject to hydrolysis) is 1. The number of hydrogen-bond acceptors (Lipinski definition) is 7. The van der Waals surface area contributed by atoms with Crippen LogP contribution in [0.2, 0.25) is 0 Å². The number of aryl methyl sites for hydroxylation is 1. The zero-order valence-corrected chi connectivity index (χ0v) is 35.8. The summed E-state index contributed by atoms with van der Waals surface area (Å²) in [5.74, 6) is -0.107. The minimum atomic E-state index is -0.436. The van der Waals surface area contributed by atoms with Crippen LogP contribution in [0.3, 0.4) is 0 Å². The zero-order chi connectivity index (χ0) is 37.9. The SMILES string of the molecule is BrCc1ccc2cncc(Br)c2c1.CC(C)(C)OC(=O)CCCCCN.CC(C)(C)OC(=O)NCCCCCCc1ccc2cncc(Br)c2c1. The Morgan fingerprint density at radius 2 is 1.24 bits per heavy atom. The molecule has 1 amide bonds. The Labute approximate surface area is 329 Å². The molecule has 51 heavy (non-hydrogen) atoms. The Morgan fingerprint density at radius 1 is 0.706 bits per heavy atom. The molecule has 280 valence electrons. The van der Waals surface area contributed by atoms with Gasteiger partial charge < -0.3 is 20.5 Å². The number of amides is 1. The standard InChI is InChI=1S/C20H27BrN2O2.C10H7Br2N.C10H21NO2/c1-20(2,3)25-19(24)23-11-7-5-4-6-8-15-9-10-16-13-22-14-18(21)17(16)12-15;11-4-7-1-2-8-5-13-6-10(12)9(8)3-7;1-10(2,3)13-9(12)7-5-4-6-8-11/h9-10,12-14H,4-8,11H2,1-3H3,(H,23,24);1-3,5-6H,4H2;4-8,11H2,1-3H3. The van der Waals surface area contributed by atoms with Crippen molar-refractivity contribution < 1.29 is 19.1 Å². The van der Waals surface area contributed by atoms with Gasteiger partial charge in [-0.2, -0.15) is 0 Å². The van der Waals surface area contributed by atoms with E-state index in [4.69, 9.17) is 15.2 Å². The number of pyridine rings is 2. The molecule has 4 rings (SSSR count). The number of halogens is 3. The zero-order valence-electron chi connectivity index (χ0n) is 31.0. The number of alkyl halides is 1. The van der Waals surface area contributed by atoms with E-state index in [1.807, 2.05) is 66.3 Å². The van der Waals surface area contributed by atoms with E-state index in [0.29, 0.717) is 19.5 Å². The average molecular weight is 896 g/mol. The molecule has 0 saturated carbocycles. The van der Waals surface area contributed by atoms with E-state index >= 15 is 0 Å². The third-order valence-electron chi connectivity index (χ3n) is 7.27. The van der Waals surface area contributed by atoms with Crippen molar-refractivity contribution in [2.45, 2.75) is 116 Å². The van der Waals surface area contributed by atoms with Gasteiger partial charge in [0.2, 0.25) is 0 Å². The molecule has 3 N–H and O–H groups in total. The molecule has 0 saturated heterocycles. The lowest BCUT2D eigenvalue weighted by Gasteiger charge is -2.19. The first-order valence-electron chi connectivity index (χ1n) is 17.6. The smallest absolute Gasteiger partial charge is 0.407 e. The van der Waals surface area contributed by atoms with Crippen LogP contribution in [-0.4, -0.2) is 46.3 Å². The lowest BCUT2D eigenvalue weighted by atomic mass is 10.0. The van der Waals surface area contributed by atoms with Crippen LogP contribution in [0.1, 0.15) is 104 Å². The second-order valence-corrected chi connectivity index (χ2v) is 16.5. The molecule has 4 aromatic rings. The van der Waals surface area contributed by atoms with E-state index < -0.39 is 5.60 Å². The number of rotatable bonds is 13. The van der Waals surface area contributed by atoms with Crippen molar-refractivity contribution in [3.63, 3.8) is 0 Å². The number of nitrogens with zero attached hydrogens (tertiary/aromatic N) is 2. The fourth-order valence-electron chi connectivity index (χ4n) is 4.88. The maximum atomic E-state index is 11.5. The monoisotopic (exact) mass is 892 g/mol. The minimum absolute atomic E-state index is 0.107. The summed E-state index contributed by atoms with van der Waals surface area (Å²) >= 11 is 10.5. The number of nitrogens with two attached hydrogens (primary N) is 1. The molecule has 0 atom stereocenters. The van der Waals surface area contributed by atoms with Crippen molar-refractivity contribution >= 4 is 81.4 Å². The fourth-order valence-corrected chi connectivity index (χ4v) is 6.16. The van der Waals surface area contributed by atoms with Gasteiger partial charge in [0.25, 0.3) is 0 Å². The van der Waals surface area contributed by atoms with Crippen LogP contribution in [-0.2, 0) is 26.0 Å². The molecule has 2 heterocycles. The van der Waals surface area contributed by atoms with Crippen molar-refractivity contribution in [3.8, 4) is 0 Å². The summed E-state index contributed by atoms with van der Waals surface area (Å²) in [5.41, 5.74) is 7.17. The number of esters is 1. The average Bonchev–Trinajstić information content (AvgIpc) is 3.06. The number of unbranched alkanes of at least 4 members (excludes halogenated alkanes) is 5. The van der Waals surface area contributed by atoms with Crippen molar-refractivity contribution in [2.24, 2.45) is 5.73 Å². The van der Waals surface area contributed by atoms with E-state index in [-0.39, 0.29) is 17.7 Å². The van der Waals surface area contributed by atoms with Crippen molar-refractivity contribution in [2.75, 3.05) is 13.1 Å². The number of nitrogens with one attached hydrogen (secondary N) is 1. The number of carbonyl (C=O) groups is 2. The maximum Gasteiger partial charge on any atom is 0.407 e. The lowest BCUT2D eigenvalue weighted by Crippen LogP contribution is -2.32. The number of carbonyl (C=O) groups excluding carboxylic acids is 2. The van der Waals surface area contributed by atoms with Gasteiger partial charge in [-0.25, -0.2) is 4.79 Å². The maximum absolute atomic E-state index is 11.5. The number of benzene rings is 2. The molecule has 0 aliphatic carbocycles. The highest BCUT2D eigenvalue weighted by atomic mass is 79.9. The predicted molar refractivity (Wildman–Crippen MR) is 221 cm³/mol. The van der Waals surface area contributed by atoms with Gasteiger partial charge >= 0.3 is 12.1 Å². The van der Waals surface area contributed by atoms with Crippen LogP contribution in [0, 0.1) is 0 Å². The first-order valence-corrected chi connectivity index (χ1v) is 20.3. The van der Waals surface area contributed by atoms with E-state index in [2.05, 4.69) is 99.5 Å². The second-order valence-electron chi connectivity index (χ2n) is 14.3. The Hall–Kier alpha value is -2.60. The number of hydrogen-bond donors (Lipinski definition) is 2. The van der Waals surface area contributed by atoms with Gasteiger partial charge in [0.15, 0.2) is 0 Å². The van der Waals surface area contributed by atoms with Gasteiger partial charge in [0.1, 0.15) is 11.2 Å². The first-order chi connectivity index (χ1) is 24.1. The minimum Gasteiger partial charge on any atom is -0.460 e. The van der Waals surface area contributed by atoms with Gasteiger partial charge in [0, 0.05) is 62.8 Å². The van der Waals surface area contributed by atoms with Crippen molar-refractivity contribution in [1.82, 2.24) is 15.3 Å². The Morgan fingerprint density at radius 3 is 1.78 bits per heavy atom. The van der Waals surface area contributed by atoms with E-state index in [0.717, 1.165) is 71.0 Å². The Kier molecular flexibility index (Phi) is 20.2. The molecule has 0 fully saturated rings. The second kappa shape index (κ2) is 23.1. The molecule has 0 unspecified atom stereocenters. The highest BCUT2D eigenvalue weighted by molar-refractivity contribution is 9.11. The first kappa shape index (κ1) is 44.6. The number of aromatic nitrogens is 2. The summed E-state index contributed by atoms with van der Waals surface area (Å²) in [7, 11) is 0. The highest BCUT2D eigenvalue weighted by Gasteiger charge is 2.16. The lowest BCUT2D eigenvalue weighted by molar-refractivity contribution is -0.154. The normalized spacial score (nSPS) is 11.3. The van der Waals surface area contributed by atoms with Crippen LogP contribution in [0.5, 0.6) is 0 Å². The third-order valence-corrected chi connectivity index (χ3v) is 9.18. The topological polar surface area (TPSA) is 116 Å². The van der Waals surface area contributed by atoms with Gasteiger partial charge in [0.05, 0.1) is 0 Å². The molecular formula is C40H55Br3N4O4. The quantitative estimate of drug-likeness (QED) is 0.0780. The predicted octanol–water partition coefficient (Wildman–Crippen LogP) is 11.4. The summed E-state index contributed by atoms with van der Waals surface area (Å²) in [4.78, 5) is 31.0. The summed E-state index contributed by atoms with van der Waals surface area (Å²) in [6.07, 6.45) is 16.0. The van der Waals surface area contributed by atoms with Crippen molar-refractivity contribution in [3.05, 3.63) is 81.3 Å². The van der Waals surface area contributed by atoms with Crippen LogP contribution in [0.25, 0.3) is 21.5 Å². The molecular weight excluding hydrogens is 840 g/mol. The van der Waals surface area contributed by atoms with E-state index in [9.17, 15) is 9.59 Å². The van der Waals surface area contributed by atoms with Crippen LogP contribution < -0.4 is 11.1 Å². The van der Waals surface area contributed by atoms with Gasteiger partial charge in [-0.15, -0.1) is 0 Å². The molecule has 11 heteroatoms. The van der Waals surface area contributed by atoms with Crippen molar-refractivity contribution in [1.29, 1.82) is 0 Å². The molecule has 8 nitrogen and oxygen atoms in total. The summed E-state index contributed by atoms with van der Waals surface area (Å²) in [5, 5.41) is 8.44. The van der Waals surface area contributed by atoms with Gasteiger partial charge in [-0.3, -0.25) is 14.8 Å². The van der Waals surface area contributed by atoms with Gasteiger partial charge in [-0.1, -0.05) is 59.5 Å². The molecule has 0 aliphatic rings. The Balaban J connectivity index is 0.000000292. The molecule has 0 radical (unpaired) electrons. The molecule has 2 aromatic heterocycles. The van der Waals surface area contributed by atoms with Crippen LogP contribution >= 0.6 is 47.8 Å². The molecule has 0 bridgehead atoms. The van der Waals surface area contributed by atoms with E-state index in [1.54, 1.807) is 0 Å².